The number of rotatable bonds is 10. The second kappa shape index (κ2) is 13.0. The molecular weight excluding hydrogens is 584 g/mol. The number of aromatic amines is 1. The number of carbonyl (C=O) groups excluding carboxylic acids is 1. The monoisotopic (exact) mass is 609 g/mol. The van der Waals surface area contributed by atoms with E-state index in [1.807, 2.05) is 11.1 Å². The zero-order chi connectivity index (χ0) is 29.7. The second-order valence-corrected chi connectivity index (χ2v) is 10.5. The molecule has 0 aliphatic carbocycles. The van der Waals surface area contributed by atoms with Crippen molar-refractivity contribution < 1.29 is 37.9 Å². The number of halogens is 2. The van der Waals surface area contributed by atoms with Crippen LogP contribution >= 0.6 is 19.8 Å². The molecule has 41 heavy (non-hydrogen) atoms. The lowest BCUT2D eigenvalue weighted by molar-refractivity contribution is -0.206. The van der Waals surface area contributed by atoms with Crippen molar-refractivity contribution in [2.24, 2.45) is 4.74 Å². The summed E-state index contributed by atoms with van der Waals surface area (Å²) in [5.74, 6) is -0.769. The summed E-state index contributed by atoms with van der Waals surface area (Å²) in [6.45, 7) is 2.28. The average Bonchev–Trinajstić information content (AvgIpc) is 3.17. The molecule has 1 aromatic heterocycles. The van der Waals surface area contributed by atoms with Crippen molar-refractivity contribution in [1.29, 1.82) is 0 Å². The average molecular weight is 610 g/mol. The van der Waals surface area contributed by atoms with Crippen LogP contribution in [-0.4, -0.2) is 50.8 Å². The van der Waals surface area contributed by atoms with Crippen molar-refractivity contribution in [3.05, 3.63) is 98.3 Å². The van der Waals surface area contributed by atoms with Crippen molar-refractivity contribution in [3.63, 3.8) is 0 Å². The van der Waals surface area contributed by atoms with E-state index in [1.54, 1.807) is 36.4 Å². The second-order valence-electron chi connectivity index (χ2n) is 9.21. The number of H-pyrrole nitrogens is 1. The molecule has 15 heteroatoms. The van der Waals surface area contributed by atoms with Gasteiger partial charge in [-0.3, -0.25) is 14.3 Å². The number of nitrogens with one attached hydrogen (secondary N) is 1. The molecule has 4 rings (SSSR count). The molecule has 1 aliphatic rings. The van der Waals surface area contributed by atoms with E-state index in [4.69, 9.17) is 30.3 Å². The molecule has 0 spiro atoms. The van der Waals surface area contributed by atoms with Crippen LogP contribution in [0.3, 0.4) is 0 Å². The topological polar surface area (TPSA) is 164 Å². The Balaban J connectivity index is 1.57. The van der Waals surface area contributed by atoms with Gasteiger partial charge >= 0.3 is 19.8 Å². The number of alkyl halides is 1. The quantitative estimate of drug-likeness (QED) is 0.200. The molecule has 3 aromatic rings. The van der Waals surface area contributed by atoms with Crippen LogP contribution in [0.25, 0.3) is 0 Å². The van der Waals surface area contributed by atoms with Crippen molar-refractivity contribution in [3.8, 4) is 5.75 Å². The maximum Gasteiger partial charge on any atom is 0.346 e. The highest BCUT2D eigenvalue weighted by Gasteiger charge is 2.59. The third kappa shape index (κ3) is 7.25. The zero-order valence-corrected chi connectivity index (χ0v) is 23.4. The van der Waals surface area contributed by atoms with Gasteiger partial charge in [-0.15, -0.1) is 4.52 Å². The molecule has 0 amide bonds. The maximum atomic E-state index is 15.8. The van der Waals surface area contributed by atoms with Crippen LogP contribution in [0.2, 0.25) is 5.02 Å². The molecule has 2 heterocycles. The highest BCUT2D eigenvalue weighted by atomic mass is 35.5. The molecule has 1 fully saturated rings. The predicted molar refractivity (Wildman–Crippen MR) is 143 cm³/mol. The first-order valence-electron chi connectivity index (χ1n) is 12.3. The first-order chi connectivity index (χ1) is 19.5. The van der Waals surface area contributed by atoms with Gasteiger partial charge in [-0.2, -0.15) is 0 Å². The molecule has 0 radical (unpaired) electrons. The van der Waals surface area contributed by atoms with Crippen molar-refractivity contribution in [2.75, 3.05) is 0 Å². The Morgan fingerprint density at radius 1 is 1.24 bits per heavy atom. The standard InChI is InChI=1S/C26H26ClFN3O9P/c1-15(22(34)37-14-16-8-4-3-5-9-16)30-41(36)40-23(38-18-11-7-6-10-17(18)27)20-21(33)26(2,28)24(39-20)31-13-12-19(32)29-25(31)35/h3-13,15,20-21,23-24,33H,14H2,1-2H3,(H,29,32,35)/t15?,20-,21-,23?,24-,26-/m1/s1. The van der Waals surface area contributed by atoms with Crippen LogP contribution in [0.1, 0.15) is 25.6 Å². The summed E-state index contributed by atoms with van der Waals surface area (Å²) in [7, 11) is -3.03. The fraction of sp³-hybridized carbons (Fsp3) is 0.346. The maximum absolute atomic E-state index is 15.8. The summed E-state index contributed by atoms with van der Waals surface area (Å²) >= 11 is 6.18. The van der Waals surface area contributed by atoms with Crippen LogP contribution < -0.4 is 20.9 Å². The third-order valence-electron chi connectivity index (χ3n) is 6.14. The van der Waals surface area contributed by atoms with Gasteiger partial charge in [0.15, 0.2) is 24.0 Å². The van der Waals surface area contributed by atoms with Crippen LogP contribution in [-0.2, 0) is 25.4 Å². The number of benzene rings is 2. The SMILES string of the molecule is CC(N=[P+]([O-])OC(Oc1ccccc1Cl)[C@@H]1O[C@@H](n2ccc(=O)[nH]c2=O)[C@](C)(F)[C@@H]1O)C(=O)OCc1ccccc1. The minimum atomic E-state index is -3.03. The van der Waals surface area contributed by atoms with E-state index < -0.39 is 61.8 Å². The van der Waals surface area contributed by atoms with Crippen molar-refractivity contribution in [2.45, 2.75) is 56.9 Å². The molecular formula is C26H26ClFN3O9P. The fourth-order valence-electron chi connectivity index (χ4n) is 3.95. The molecule has 12 nitrogen and oxygen atoms in total. The summed E-state index contributed by atoms with van der Waals surface area (Å²) in [6, 6.07) is 14.7. The number of aromatic nitrogens is 2. The zero-order valence-electron chi connectivity index (χ0n) is 21.8. The van der Waals surface area contributed by atoms with E-state index >= 15 is 4.39 Å². The summed E-state index contributed by atoms with van der Waals surface area (Å²) in [4.78, 5) is 51.1. The Bertz CT molecular complexity index is 1520. The summed E-state index contributed by atoms with van der Waals surface area (Å²) < 4.78 is 42.4. The van der Waals surface area contributed by atoms with Gasteiger partial charge in [0, 0.05) is 12.3 Å². The Morgan fingerprint density at radius 3 is 2.61 bits per heavy atom. The number of carbonyl (C=O) groups is 1. The van der Waals surface area contributed by atoms with Gasteiger partial charge in [-0.05, 0) is 31.5 Å². The number of para-hydroxylation sites is 1. The normalized spacial score (nSPS) is 24.0. The van der Waals surface area contributed by atoms with Gasteiger partial charge < -0.3 is 24.2 Å². The Kier molecular flexibility index (Phi) is 9.69. The number of hydrogen-bond donors (Lipinski definition) is 2. The lowest BCUT2D eigenvalue weighted by atomic mass is 9.98. The van der Waals surface area contributed by atoms with Crippen LogP contribution in [0.15, 0.2) is 81.2 Å². The summed E-state index contributed by atoms with van der Waals surface area (Å²) in [5.41, 5.74) is -3.59. The Labute approximate surface area is 238 Å². The van der Waals surface area contributed by atoms with Gasteiger partial charge in [-0.25, -0.2) is 14.0 Å². The van der Waals surface area contributed by atoms with Crippen LogP contribution in [0.5, 0.6) is 5.75 Å². The van der Waals surface area contributed by atoms with E-state index in [2.05, 4.69) is 4.74 Å². The first kappa shape index (κ1) is 30.5. The molecule has 0 saturated carbocycles. The number of aliphatic hydroxyl groups excluding tert-OH is 1. The number of ether oxygens (including phenoxy) is 3. The summed E-state index contributed by atoms with van der Waals surface area (Å²) in [5, 5.41) is 11.0. The molecule has 2 aromatic carbocycles. The van der Waals surface area contributed by atoms with Crippen LogP contribution in [0, 0.1) is 0 Å². The highest BCUT2D eigenvalue weighted by molar-refractivity contribution is 7.33. The predicted octanol–water partition coefficient (Wildman–Crippen LogP) is 2.59. The molecule has 1 aliphatic heterocycles. The Hall–Kier alpha value is -3.45. The molecule has 2 N–H and O–H groups in total. The van der Waals surface area contributed by atoms with Gasteiger partial charge in [0.1, 0.15) is 18.5 Å². The minimum Gasteiger partial charge on any atom is -0.583 e. The van der Waals surface area contributed by atoms with Crippen molar-refractivity contribution >= 4 is 25.7 Å². The van der Waals surface area contributed by atoms with E-state index in [-0.39, 0.29) is 17.4 Å². The van der Waals surface area contributed by atoms with E-state index in [9.17, 15) is 24.4 Å². The fourth-order valence-corrected chi connectivity index (χ4v) is 4.91. The smallest absolute Gasteiger partial charge is 0.346 e. The molecule has 1 saturated heterocycles. The number of esters is 1. The minimum absolute atomic E-state index is 0.0129. The van der Waals surface area contributed by atoms with Gasteiger partial charge in [-0.1, -0.05) is 58.8 Å². The third-order valence-corrected chi connectivity index (χ3v) is 7.37. The molecule has 218 valence electrons. The Morgan fingerprint density at radius 2 is 1.93 bits per heavy atom. The lowest BCUT2D eigenvalue weighted by Gasteiger charge is -2.25. The molecule has 7 atom stereocenters. The number of aliphatic hydroxyl groups is 1. The highest BCUT2D eigenvalue weighted by Crippen LogP contribution is 2.44. The number of nitrogens with zero attached hydrogens (tertiary/aromatic N) is 2. The van der Waals surface area contributed by atoms with Crippen LogP contribution in [0.4, 0.5) is 4.39 Å². The lowest BCUT2D eigenvalue weighted by Crippen LogP contribution is -2.46. The molecule has 0 bridgehead atoms. The van der Waals surface area contributed by atoms with Crippen molar-refractivity contribution in [1.82, 2.24) is 9.55 Å². The van der Waals surface area contributed by atoms with Gasteiger partial charge in [0.05, 0.1) is 5.02 Å². The van der Waals surface area contributed by atoms with E-state index in [0.29, 0.717) is 0 Å². The summed E-state index contributed by atoms with van der Waals surface area (Å²) in [6.07, 6.45) is -6.20. The van der Waals surface area contributed by atoms with Gasteiger partial charge in [0.2, 0.25) is 0 Å². The van der Waals surface area contributed by atoms with E-state index in [0.717, 1.165) is 29.3 Å². The molecule has 3 unspecified atom stereocenters. The largest absolute Gasteiger partial charge is 0.583 e. The van der Waals surface area contributed by atoms with E-state index in [1.165, 1.54) is 19.1 Å². The van der Waals surface area contributed by atoms with Gasteiger partial charge in [0.25, 0.3) is 11.8 Å². The first-order valence-corrected chi connectivity index (χ1v) is 13.8. The number of hydrogen-bond acceptors (Lipinski definition) is 10.